The number of amides is 1. The molecule has 0 unspecified atom stereocenters. The largest absolute Gasteiger partial charge is 0.451 e. The van der Waals surface area contributed by atoms with Crippen molar-refractivity contribution in [3.63, 3.8) is 0 Å². The van der Waals surface area contributed by atoms with Crippen molar-refractivity contribution in [2.45, 2.75) is 18.9 Å². The van der Waals surface area contributed by atoms with Crippen molar-refractivity contribution >= 4 is 33.3 Å². The molecule has 6 heteroatoms. The summed E-state index contributed by atoms with van der Waals surface area (Å²) in [6.07, 6.45) is 2.07. The first-order chi connectivity index (χ1) is 10.7. The van der Waals surface area contributed by atoms with Crippen LogP contribution in [0.2, 0.25) is 0 Å². The highest BCUT2D eigenvalue weighted by molar-refractivity contribution is 7.20. The Morgan fingerprint density at radius 3 is 3.00 bits per heavy atom. The Kier molecular flexibility index (Phi) is 4.70. The first-order valence-electron chi connectivity index (χ1n) is 7.26. The van der Waals surface area contributed by atoms with Crippen LogP contribution < -0.4 is 5.32 Å². The predicted octanol–water partition coefficient (Wildman–Crippen LogP) is 2.35. The second-order valence-corrected chi connectivity index (χ2v) is 6.25. The van der Waals surface area contributed by atoms with Gasteiger partial charge in [-0.2, -0.15) is 0 Å². The molecule has 0 aliphatic carbocycles. The van der Waals surface area contributed by atoms with Gasteiger partial charge in [-0.25, -0.2) is 4.79 Å². The lowest BCUT2D eigenvalue weighted by Gasteiger charge is -2.10. The maximum Gasteiger partial charge on any atom is 0.348 e. The monoisotopic (exact) mass is 319 g/mol. The van der Waals surface area contributed by atoms with E-state index in [1.807, 2.05) is 24.3 Å². The van der Waals surface area contributed by atoms with Gasteiger partial charge in [-0.1, -0.05) is 18.2 Å². The van der Waals surface area contributed by atoms with Crippen molar-refractivity contribution < 1.29 is 19.1 Å². The third-order valence-corrected chi connectivity index (χ3v) is 4.61. The third kappa shape index (κ3) is 3.64. The van der Waals surface area contributed by atoms with Crippen LogP contribution in [0.3, 0.4) is 0 Å². The van der Waals surface area contributed by atoms with Gasteiger partial charge in [0.25, 0.3) is 5.91 Å². The van der Waals surface area contributed by atoms with Crippen LogP contribution in [-0.2, 0) is 14.3 Å². The summed E-state index contributed by atoms with van der Waals surface area (Å²) in [5, 5.41) is 3.72. The van der Waals surface area contributed by atoms with Gasteiger partial charge in [0.05, 0.1) is 6.10 Å². The zero-order valence-electron chi connectivity index (χ0n) is 12.0. The topological polar surface area (TPSA) is 64.6 Å². The molecule has 1 atom stereocenters. The fourth-order valence-electron chi connectivity index (χ4n) is 2.37. The number of carbonyl (C=O) groups excluding carboxylic acids is 2. The van der Waals surface area contributed by atoms with E-state index in [1.54, 1.807) is 6.07 Å². The van der Waals surface area contributed by atoms with Gasteiger partial charge in [0.1, 0.15) is 4.88 Å². The summed E-state index contributed by atoms with van der Waals surface area (Å²) < 4.78 is 11.5. The van der Waals surface area contributed by atoms with Crippen molar-refractivity contribution in [2.75, 3.05) is 19.8 Å². The standard InChI is InChI=1S/C16H17NO4S/c18-15(17-9-12-5-3-7-20-12)10-21-16(19)14-8-11-4-1-2-6-13(11)22-14/h1-2,4,6,8,12H,3,5,7,9-10H2,(H,17,18)/t12-/m0/s1. The molecule has 1 saturated heterocycles. The average molecular weight is 319 g/mol. The molecule has 0 radical (unpaired) electrons. The molecule has 3 rings (SSSR count). The molecule has 0 saturated carbocycles. The molecule has 0 bridgehead atoms. The first-order valence-corrected chi connectivity index (χ1v) is 8.08. The zero-order chi connectivity index (χ0) is 15.4. The van der Waals surface area contributed by atoms with Gasteiger partial charge >= 0.3 is 5.97 Å². The Balaban J connectivity index is 1.47. The van der Waals surface area contributed by atoms with E-state index in [1.165, 1.54) is 11.3 Å². The van der Waals surface area contributed by atoms with Gasteiger partial charge in [-0.05, 0) is 30.4 Å². The number of thiophene rings is 1. The SMILES string of the molecule is O=C(COC(=O)c1cc2ccccc2s1)NC[C@@H]1CCCO1. The summed E-state index contributed by atoms with van der Waals surface area (Å²) in [5.74, 6) is -0.765. The molecule has 2 aromatic rings. The molecule has 1 aromatic carbocycles. The van der Waals surface area contributed by atoms with Crippen LogP contribution in [0.1, 0.15) is 22.5 Å². The maximum atomic E-state index is 12.0. The Hall–Kier alpha value is -1.92. The lowest BCUT2D eigenvalue weighted by molar-refractivity contribution is -0.124. The quantitative estimate of drug-likeness (QED) is 0.859. The number of rotatable bonds is 5. The summed E-state index contributed by atoms with van der Waals surface area (Å²) in [7, 11) is 0. The molecule has 1 amide bonds. The molecule has 22 heavy (non-hydrogen) atoms. The van der Waals surface area contributed by atoms with Crippen LogP contribution >= 0.6 is 11.3 Å². The second-order valence-electron chi connectivity index (χ2n) is 5.16. The van der Waals surface area contributed by atoms with E-state index < -0.39 is 5.97 Å². The van der Waals surface area contributed by atoms with Crippen molar-refractivity contribution in [1.29, 1.82) is 0 Å². The Morgan fingerprint density at radius 1 is 1.36 bits per heavy atom. The Bertz CT molecular complexity index is 643. The number of hydrogen-bond donors (Lipinski definition) is 1. The Morgan fingerprint density at radius 2 is 2.23 bits per heavy atom. The Labute approximate surface area is 132 Å². The minimum absolute atomic E-state index is 0.0854. The van der Waals surface area contributed by atoms with Gasteiger partial charge < -0.3 is 14.8 Å². The van der Waals surface area contributed by atoms with E-state index in [0.717, 1.165) is 29.5 Å². The number of benzene rings is 1. The molecule has 1 aliphatic heterocycles. The molecule has 116 valence electrons. The summed E-state index contributed by atoms with van der Waals surface area (Å²) in [6, 6.07) is 9.52. The molecule has 2 heterocycles. The fourth-order valence-corrected chi connectivity index (χ4v) is 3.33. The smallest absolute Gasteiger partial charge is 0.348 e. The molecule has 1 fully saturated rings. The van der Waals surface area contributed by atoms with Crippen LogP contribution in [0.5, 0.6) is 0 Å². The number of esters is 1. The lowest BCUT2D eigenvalue weighted by Crippen LogP contribution is -2.34. The van der Waals surface area contributed by atoms with Gasteiger partial charge in [-0.15, -0.1) is 11.3 Å². The normalized spacial score (nSPS) is 17.5. The van der Waals surface area contributed by atoms with Crippen LogP contribution in [0.15, 0.2) is 30.3 Å². The van der Waals surface area contributed by atoms with Gasteiger partial charge in [0.2, 0.25) is 0 Å². The first kappa shape index (κ1) is 15.0. The number of nitrogens with one attached hydrogen (secondary N) is 1. The lowest BCUT2D eigenvalue weighted by atomic mass is 10.2. The van der Waals surface area contributed by atoms with E-state index >= 15 is 0 Å². The van der Waals surface area contributed by atoms with E-state index in [4.69, 9.17) is 9.47 Å². The van der Waals surface area contributed by atoms with Gasteiger partial charge in [0.15, 0.2) is 6.61 Å². The summed E-state index contributed by atoms with van der Waals surface area (Å²) >= 11 is 1.36. The van der Waals surface area contributed by atoms with E-state index in [0.29, 0.717) is 11.4 Å². The second kappa shape index (κ2) is 6.89. The van der Waals surface area contributed by atoms with Crippen molar-refractivity contribution in [3.8, 4) is 0 Å². The summed E-state index contributed by atoms with van der Waals surface area (Å²) in [4.78, 5) is 24.1. The number of hydrogen-bond acceptors (Lipinski definition) is 5. The van der Waals surface area contributed by atoms with Crippen LogP contribution in [-0.4, -0.2) is 37.7 Å². The zero-order valence-corrected chi connectivity index (χ0v) is 12.9. The average Bonchev–Trinajstić information content (AvgIpc) is 3.19. The molecule has 1 aliphatic rings. The van der Waals surface area contributed by atoms with E-state index in [9.17, 15) is 9.59 Å². The molecular formula is C16H17NO4S. The molecule has 1 aromatic heterocycles. The number of ether oxygens (including phenoxy) is 2. The molecule has 5 nitrogen and oxygen atoms in total. The fraction of sp³-hybridized carbons (Fsp3) is 0.375. The number of fused-ring (bicyclic) bond motifs is 1. The summed E-state index contributed by atoms with van der Waals surface area (Å²) in [6.45, 7) is 0.959. The predicted molar refractivity (Wildman–Crippen MR) is 84.1 cm³/mol. The van der Waals surface area contributed by atoms with Crippen molar-refractivity contribution in [1.82, 2.24) is 5.32 Å². The highest BCUT2D eigenvalue weighted by Gasteiger charge is 2.17. The van der Waals surface area contributed by atoms with Crippen LogP contribution in [0.4, 0.5) is 0 Å². The molecule has 1 N–H and O–H groups in total. The third-order valence-electron chi connectivity index (χ3n) is 3.51. The minimum atomic E-state index is -0.464. The maximum absolute atomic E-state index is 12.0. The van der Waals surface area contributed by atoms with Crippen LogP contribution in [0.25, 0.3) is 10.1 Å². The van der Waals surface area contributed by atoms with Gasteiger partial charge in [-0.3, -0.25) is 4.79 Å². The molecule has 0 spiro atoms. The van der Waals surface area contributed by atoms with Gasteiger partial charge in [0, 0.05) is 17.9 Å². The van der Waals surface area contributed by atoms with E-state index in [-0.39, 0.29) is 18.6 Å². The van der Waals surface area contributed by atoms with Crippen molar-refractivity contribution in [2.24, 2.45) is 0 Å². The highest BCUT2D eigenvalue weighted by Crippen LogP contribution is 2.25. The highest BCUT2D eigenvalue weighted by atomic mass is 32.1. The van der Waals surface area contributed by atoms with Crippen LogP contribution in [0, 0.1) is 0 Å². The van der Waals surface area contributed by atoms with Crippen molar-refractivity contribution in [3.05, 3.63) is 35.2 Å². The molecular weight excluding hydrogens is 302 g/mol. The summed E-state index contributed by atoms with van der Waals surface area (Å²) in [5.41, 5.74) is 0. The number of carbonyl (C=O) groups is 2. The minimum Gasteiger partial charge on any atom is -0.451 e. The van der Waals surface area contributed by atoms with E-state index in [2.05, 4.69) is 5.32 Å².